The number of hydrogen-bond donors (Lipinski definition) is 1. The van der Waals surface area contributed by atoms with Crippen molar-refractivity contribution in [2.24, 2.45) is 0 Å². The summed E-state index contributed by atoms with van der Waals surface area (Å²) in [5, 5.41) is 2.96. The molecule has 2 aromatic rings. The average Bonchev–Trinajstić information content (AvgIpc) is 2.69. The number of amides is 1. The zero-order valence-corrected chi connectivity index (χ0v) is 15.7. The normalized spacial score (nSPS) is 15.6. The minimum Gasteiger partial charge on any atom is -0.355 e. The lowest BCUT2D eigenvalue weighted by Crippen LogP contribution is -2.48. The van der Waals surface area contributed by atoms with Crippen LogP contribution in [0.2, 0.25) is 0 Å². The van der Waals surface area contributed by atoms with E-state index >= 15 is 0 Å². The molecular weight excluding hydrogens is 340 g/mol. The highest BCUT2D eigenvalue weighted by Crippen LogP contribution is 2.07. The van der Waals surface area contributed by atoms with Gasteiger partial charge in [0.05, 0.1) is 0 Å². The molecule has 1 amide bonds. The Morgan fingerprint density at radius 3 is 2.33 bits per heavy atom. The number of carbonyl (C=O) groups is 1. The molecule has 0 bridgehead atoms. The Hall–Kier alpha value is -2.44. The van der Waals surface area contributed by atoms with Gasteiger partial charge in [-0.25, -0.2) is 0 Å². The van der Waals surface area contributed by atoms with Gasteiger partial charge in [0.1, 0.15) is 0 Å². The first-order valence-corrected chi connectivity index (χ1v) is 9.61. The number of rotatable bonds is 8. The molecule has 0 atom stereocenters. The molecule has 1 saturated heterocycles. The van der Waals surface area contributed by atoms with Gasteiger partial charge in [0.2, 0.25) is 5.91 Å². The fourth-order valence-corrected chi connectivity index (χ4v) is 3.32. The van der Waals surface area contributed by atoms with Gasteiger partial charge in [-0.15, -0.1) is 0 Å². The number of nitrogens with one attached hydrogen (secondary N) is 1. The lowest BCUT2D eigenvalue weighted by Gasteiger charge is -2.34. The van der Waals surface area contributed by atoms with Gasteiger partial charge < -0.3 is 9.88 Å². The van der Waals surface area contributed by atoms with Gasteiger partial charge in [0.25, 0.3) is 5.56 Å². The molecule has 1 aromatic heterocycles. The number of piperazine rings is 1. The zero-order valence-electron chi connectivity index (χ0n) is 15.7. The van der Waals surface area contributed by atoms with Crippen LogP contribution in [-0.4, -0.2) is 59.5 Å². The van der Waals surface area contributed by atoms with Crippen LogP contribution >= 0.6 is 0 Å². The van der Waals surface area contributed by atoms with Crippen LogP contribution in [0.3, 0.4) is 0 Å². The molecule has 1 aliphatic heterocycles. The molecule has 1 aromatic carbocycles. The minimum atomic E-state index is -0.0707. The van der Waals surface area contributed by atoms with E-state index in [-0.39, 0.29) is 11.5 Å². The molecule has 2 heterocycles. The number of nitrogens with zero attached hydrogens (tertiary/aromatic N) is 3. The van der Waals surface area contributed by atoms with Crippen molar-refractivity contribution in [3.05, 3.63) is 70.6 Å². The van der Waals surface area contributed by atoms with Crippen molar-refractivity contribution in [1.82, 2.24) is 19.7 Å². The van der Waals surface area contributed by atoms with E-state index in [4.69, 9.17) is 0 Å². The van der Waals surface area contributed by atoms with E-state index in [2.05, 4.69) is 39.4 Å². The SMILES string of the molecule is O=C(CCn1ccccc1=O)NCCN1CCN(Cc2ccccc2)CC1. The number of pyridine rings is 1. The third-order valence-corrected chi connectivity index (χ3v) is 4.94. The highest BCUT2D eigenvalue weighted by atomic mass is 16.1. The van der Waals surface area contributed by atoms with Gasteiger partial charge in [0, 0.05) is 71.0 Å². The van der Waals surface area contributed by atoms with Gasteiger partial charge in [-0.1, -0.05) is 36.4 Å². The lowest BCUT2D eigenvalue weighted by molar-refractivity contribution is -0.121. The summed E-state index contributed by atoms with van der Waals surface area (Å²) in [7, 11) is 0. The van der Waals surface area contributed by atoms with Crippen LogP contribution in [0.15, 0.2) is 59.5 Å². The molecule has 144 valence electrons. The topological polar surface area (TPSA) is 57.6 Å². The largest absolute Gasteiger partial charge is 0.355 e. The molecule has 1 fully saturated rings. The Kier molecular flexibility index (Phi) is 7.19. The molecule has 6 heteroatoms. The predicted molar refractivity (Wildman–Crippen MR) is 106 cm³/mol. The van der Waals surface area contributed by atoms with Crippen molar-refractivity contribution in [1.29, 1.82) is 0 Å². The highest BCUT2D eigenvalue weighted by Gasteiger charge is 2.16. The number of benzene rings is 1. The zero-order chi connectivity index (χ0) is 18.9. The summed E-state index contributed by atoms with van der Waals surface area (Å²) in [5.74, 6) is -0.00605. The molecule has 0 unspecified atom stereocenters. The Bertz CT molecular complexity index is 767. The Morgan fingerprint density at radius 1 is 0.889 bits per heavy atom. The smallest absolute Gasteiger partial charge is 0.250 e. The highest BCUT2D eigenvalue weighted by molar-refractivity contribution is 5.75. The molecule has 3 rings (SSSR count). The van der Waals surface area contributed by atoms with Crippen LogP contribution in [0.25, 0.3) is 0 Å². The fraction of sp³-hybridized carbons (Fsp3) is 0.429. The van der Waals surface area contributed by atoms with Crippen molar-refractivity contribution < 1.29 is 4.79 Å². The van der Waals surface area contributed by atoms with E-state index in [9.17, 15) is 9.59 Å². The third-order valence-electron chi connectivity index (χ3n) is 4.94. The third kappa shape index (κ3) is 6.34. The van der Waals surface area contributed by atoms with Crippen LogP contribution < -0.4 is 10.9 Å². The number of hydrogen-bond acceptors (Lipinski definition) is 4. The van der Waals surface area contributed by atoms with Crippen LogP contribution in [-0.2, 0) is 17.9 Å². The Balaban J connectivity index is 1.29. The molecule has 0 radical (unpaired) electrons. The van der Waals surface area contributed by atoms with Crippen molar-refractivity contribution >= 4 is 5.91 Å². The van der Waals surface area contributed by atoms with Gasteiger partial charge in [-0.05, 0) is 11.6 Å². The first-order valence-electron chi connectivity index (χ1n) is 9.61. The maximum absolute atomic E-state index is 12.0. The van der Waals surface area contributed by atoms with E-state index in [1.165, 1.54) is 11.6 Å². The number of aryl methyl sites for hydroxylation is 1. The number of carbonyl (C=O) groups excluding carboxylic acids is 1. The van der Waals surface area contributed by atoms with Crippen LogP contribution in [0, 0.1) is 0 Å². The van der Waals surface area contributed by atoms with Crippen LogP contribution in [0.4, 0.5) is 0 Å². The van der Waals surface area contributed by atoms with E-state index in [0.29, 0.717) is 19.5 Å². The predicted octanol–water partition coefficient (Wildman–Crippen LogP) is 1.17. The van der Waals surface area contributed by atoms with E-state index in [1.807, 2.05) is 6.07 Å². The summed E-state index contributed by atoms with van der Waals surface area (Å²) in [6, 6.07) is 15.6. The second-order valence-corrected chi connectivity index (χ2v) is 6.94. The molecule has 6 nitrogen and oxygen atoms in total. The van der Waals surface area contributed by atoms with Crippen molar-refractivity contribution in [3.63, 3.8) is 0 Å². The Labute approximate surface area is 160 Å². The summed E-state index contributed by atoms with van der Waals surface area (Å²) in [6.07, 6.45) is 2.04. The van der Waals surface area contributed by atoms with E-state index < -0.39 is 0 Å². The van der Waals surface area contributed by atoms with Gasteiger partial charge >= 0.3 is 0 Å². The molecule has 0 aliphatic carbocycles. The summed E-state index contributed by atoms with van der Waals surface area (Å²) in [6.45, 7) is 7.12. The van der Waals surface area contributed by atoms with Crippen molar-refractivity contribution in [3.8, 4) is 0 Å². The molecule has 27 heavy (non-hydrogen) atoms. The first kappa shape index (κ1) is 19.3. The summed E-state index contributed by atoms with van der Waals surface area (Å²) in [4.78, 5) is 28.5. The fourth-order valence-electron chi connectivity index (χ4n) is 3.32. The maximum atomic E-state index is 12.0. The molecular formula is C21H28N4O2. The van der Waals surface area contributed by atoms with Crippen molar-refractivity contribution in [2.75, 3.05) is 39.3 Å². The van der Waals surface area contributed by atoms with Gasteiger partial charge in [0.15, 0.2) is 0 Å². The molecule has 1 aliphatic rings. The first-order chi connectivity index (χ1) is 13.2. The molecule has 0 spiro atoms. The van der Waals surface area contributed by atoms with Gasteiger partial charge in [-0.3, -0.25) is 19.4 Å². The average molecular weight is 368 g/mol. The Morgan fingerprint density at radius 2 is 1.59 bits per heavy atom. The second-order valence-electron chi connectivity index (χ2n) is 6.94. The quantitative estimate of drug-likeness (QED) is 0.760. The standard InChI is InChI=1S/C21H28N4O2/c26-20(9-12-25-11-5-4-8-21(25)27)22-10-13-23-14-16-24(17-15-23)18-19-6-2-1-3-7-19/h1-8,11H,9-10,12-18H2,(H,22,26). The maximum Gasteiger partial charge on any atom is 0.250 e. The van der Waals surface area contributed by atoms with E-state index in [1.54, 1.807) is 22.9 Å². The van der Waals surface area contributed by atoms with E-state index in [0.717, 1.165) is 39.3 Å². The molecule has 0 saturated carbocycles. The lowest BCUT2D eigenvalue weighted by atomic mass is 10.2. The van der Waals surface area contributed by atoms with Crippen LogP contribution in [0.1, 0.15) is 12.0 Å². The second kappa shape index (κ2) is 10.0. The summed E-state index contributed by atoms with van der Waals surface area (Å²) >= 11 is 0. The minimum absolute atomic E-state index is 0.00605. The summed E-state index contributed by atoms with van der Waals surface area (Å²) < 4.78 is 1.56. The summed E-state index contributed by atoms with van der Waals surface area (Å²) in [5.41, 5.74) is 1.29. The number of aromatic nitrogens is 1. The molecule has 1 N–H and O–H groups in total. The van der Waals surface area contributed by atoms with Crippen LogP contribution in [0.5, 0.6) is 0 Å². The van der Waals surface area contributed by atoms with Crippen molar-refractivity contribution in [2.45, 2.75) is 19.5 Å². The monoisotopic (exact) mass is 368 g/mol. The van der Waals surface area contributed by atoms with Gasteiger partial charge in [-0.2, -0.15) is 0 Å².